The van der Waals surface area contributed by atoms with Crippen molar-refractivity contribution in [3.8, 4) is 0 Å². The van der Waals surface area contributed by atoms with Gasteiger partial charge >= 0.3 is 5.97 Å². The molecule has 6 nitrogen and oxygen atoms in total. The molecule has 0 unspecified atom stereocenters. The summed E-state index contributed by atoms with van der Waals surface area (Å²) in [5.74, 6) is -1.13. The Hall–Kier alpha value is -1.98. The molecule has 0 bridgehead atoms. The van der Waals surface area contributed by atoms with Crippen molar-refractivity contribution in [1.82, 2.24) is 4.90 Å². The van der Waals surface area contributed by atoms with Crippen molar-refractivity contribution in [2.75, 3.05) is 19.7 Å². The van der Waals surface area contributed by atoms with Gasteiger partial charge in [0.25, 0.3) is 0 Å². The lowest BCUT2D eigenvalue weighted by Gasteiger charge is -2.14. The first-order chi connectivity index (χ1) is 10.1. The Morgan fingerprint density at radius 1 is 1.14 bits per heavy atom. The molecule has 1 amide bonds. The van der Waals surface area contributed by atoms with E-state index in [4.69, 9.17) is 4.74 Å². The fraction of sp³-hybridized carbons (Fsp3) is 0.600. The zero-order valence-electron chi connectivity index (χ0n) is 12.1. The van der Waals surface area contributed by atoms with Crippen molar-refractivity contribution in [3.63, 3.8) is 0 Å². The molecular formula is C15H21NO5. The number of ketones is 1. The molecule has 0 aromatic rings. The molecule has 1 fully saturated rings. The highest BCUT2D eigenvalue weighted by Crippen LogP contribution is 2.11. The van der Waals surface area contributed by atoms with Gasteiger partial charge in [0.1, 0.15) is 0 Å². The summed E-state index contributed by atoms with van der Waals surface area (Å²) in [6.07, 6.45) is 7.24. The van der Waals surface area contributed by atoms with E-state index in [0.29, 0.717) is 13.0 Å². The first-order valence-electron chi connectivity index (χ1n) is 7.25. The van der Waals surface area contributed by atoms with Crippen LogP contribution in [0, 0.1) is 0 Å². The molecule has 0 radical (unpaired) electrons. The lowest BCUT2D eigenvalue weighted by Crippen LogP contribution is -2.25. The van der Waals surface area contributed by atoms with Gasteiger partial charge in [-0.05, 0) is 31.8 Å². The number of rotatable bonds is 10. The number of aldehydes is 1. The average Bonchev–Trinajstić information content (AvgIpc) is 2.89. The van der Waals surface area contributed by atoms with Gasteiger partial charge in [0.2, 0.25) is 11.7 Å². The van der Waals surface area contributed by atoms with Crippen LogP contribution in [-0.2, 0) is 23.9 Å². The molecule has 0 aromatic carbocycles. The highest BCUT2D eigenvalue weighted by atomic mass is 16.5. The maximum atomic E-state index is 11.4. The number of nitrogens with zero attached hydrogens (tertiary/aromatic N) is 1. The van der Waals surface area contributed by atoms with Crippen LogP contribution in [0.4, 0.5) is 0 Å². The number of amides is 1. The van der Waals surface area contributed by atoms with Crippen LogP contribution >= 0.6 is 0 Å². The molecule has 1 aliphatic heterocycles. The number of likely N-dealkylation sites (tertiary alicyclic amines) is 1. The molecule has 1 rings (SSSR count). The Kier molecular flexibility index (Phi) is 8.01. The Balaban J connectivity index is 1.95. The molecule has 21 heavy (non-hydrogen) atoms. The maximum absolute atomic E-state index is 11.4. The molecule has 6 heteroatoms. The minimum absolute atomic E-state index is 0.134. The predicted octanol–water partition coefficient (Wildman–Crippen LogP) is 1.04. The highest BCUT2D eigenvalue weighted by molar-refractivity contribution is 6.31. The van der Waals surface area contributed by atoms with Gasteiger partial charge in [-0.2, -0.15) is 0 Å². The Morgan fingerprint density at radius 2 is 1.90 bits per heavy atom. The molecule has 1 heterocycles. The van der Waals surface area contributed by atoms with E-state index in [-0.39, 0.29) is 12.2 Å². The second-order valence-electron chi connectivity index (χ2n) is 4.92. The van der Waals surface area contributed by atoms with Crippen LogP contribution in [0.5, 0.6) is 0 Å². The van der Waals surface area contributed by atoms with E-state index in [9.17, 15) is 19.2 Å². The molecule has 0 atom stereocenters. The number of allylic oxidation sites excluding steroid dienone is 1. The monoisotopic (exact) mass is 295 g/mol. The van der Waals surface area contributed by atoms with Gasteiger partial charge in [0.05, 0.1) is 6.61 Å². The van der Waals surface area contributed by atoms with Gasteiger partial charge in [0, 0.05) is 25.6 Å². The third kappa shape index (κ3) is 7.39. The Bertz CT molecular complexity index is 416. The molecule has 116 valence electrons. The lowest BCUT2D eigenvalue weighted by molar-refractivity contribution is -0.138. The normalized spacial score (nSPS) is 14.7. The number of unbranched alkanes of at least 4 members (excludes halogenated alkanes) is 3. The van der Waals surface area contributed by atoms with Crippen LogP contribution in [0.25, 0.3) is 0 Å². The largest absolute Gasteiger partial charge is 0.463 e. The summed E-state index contributed by atoms with van der Waals surface area (Å²) in [6, 6.07) is 0. The molecule has 0 N–H and O–H groups in total. The molecule has 1 saturated heterocycles. The smallest absolute Gasteiger partial charge is 0.330 e. The highest BCUT2D eigenvalue weighted by Gasteiger charge is 2.18. The van der Waals surface area contributed by atoms with E-state index in [1.807, 2.05) is 4.90 Å². The van der Waals surface area contributed by atoms with Gasteiger partial charge < -0.3 is 9.64 Å². The number of hydrogen-bond acceptors (Lipinski definition) is 5. The van der Waals surface area contributed by atoms with Crippen LogP contribution in [0.3, 0.4) is 0 Å². The molecule has 0 spiro atoms. The Labute approximate surface area is 124 Å². The van der Waals surface area contributed by atoms with Crippen LogP contribution in [-0.4, -0.2) is 48.5 Å². The van der Waals surface area contributed by atoms with Gasteiger partial charge in [-0.25, -0.2) is 4.79 Å². The zero-order chi connectivity index (χ0) is 15.5. The van der Waals surface area contributed by atoms with Crippen molar-refractivity contribution in [2.45, 2.75) is 38.5 Å². The average molecular weight is 295 g/mol. The first-order valence-corrected chi connectivity index (χ1v) is 7.25. The van der Waals surface area contributed by atoms with E-state index in [1.54, 1.807) is 0 Å². The van der Waals surface area contributed by atoms with E-state index >= 15 is 0 Å². The van der Waals surface area contributed by atoms with Gasteiger partial charge in [-0.15, -0.1) is 0 Å². The minimum Gasteiger partial charge on any atom is -0.463 e. The summed E-state index contributed by atoms with van der Waals surface area (Å²) in [5, 5.41) is 0. The summed E-state index contributed by atoms with van der Waals surface area (Å²) in [4.78, 5) is 45.0. The minimum atomic E-state index is -0.761. The summed E-state index contributed by atoms with van der Waals surface area (Å²) < 4.78 is 4.88. The topological polar surface area (TPSA) is 80.8 Å². The number of carbonyl (C=O) groups excluding carboxylic acids is 4. The number of hydrogen-bond donors (Lipinski definition) is 0. The van der Waals surface area contributed by atoms with Crippen LogP contribution < -0.4 is 0 Å². The third-order valence-electron chi connectivity index (χ3n) is 3.24. The summed E-state index contributed by atoms with van der Waals surface area (Å²) in [7, 11) is 0. The quantitative estimate of drug-likeness (QED) is 0.198. The number of carbonyl (C=O) groups is 4. The summed E-state index contributed by atoms with van der Waals surface area (Å²) in [5.41, 5.74) is 0. The summed E-state index contributed by atoms with van der Waals surface area (Å²) >= 11 is 0. The van der Waals surface area contributed by atoms with E-state index in [2.05, 4.69) is 0 Å². The van der Waals surface area contributed by atoms with Crippen molar-refractivity contribution < 1.29 is 23.9 Å². The van der Waals surface area contributed by atoms with E-state index < -0.39 is 11.8 Å². The van der Waals surface area contributed by atoms with Crippen LogP contribution in [0.15, 0.2) is 12.2 Å². The number of ether oxygens (including phenoxy) is 1. The Morgan fingerprint density at radius 3 is 2.57 bits per heavy atom. The van der Waals surface area contributed by atoms with E-state index in [0.717, 1.165) is 57.3 Å². The van der Waals surface area contributed by atoms with Crippen molar-refractivity contribution in [3.05, 3.63) is 12.2 Å². The SMILES string of the molecule is O=CC(=O)/C=C\C(=O)OCCCCCCN1CCCC1=O. The first kappa shape index (κ1) is 17.1. The second kappa shape index (κ2) is 9.85. The van der Waals surface area contributed by atoms with Crippen molar-refractivity contribution in [2.24, 2.45) is 0 Å². The standard InChI is InChI=1S/C15H21NO5/c17-12-13(18)7-8-15(20)21-11-4-2-1-3-9-16-10-5-6-14(16)19/h7-8,12H,1-6,9-11H2/b8-7-. The molecule has 0 aliphatic carbocycles. The van der Waals surface area contributed by atoms with Crippen molar-refractivity contribution in [1.29, 1.82) is 0 Å². The van der Waals surface area contributed by atoms with Gasteiger partial charge in [0.15, 0.2) is 6.29 Å². The fourth-order valence-corrected chi connectivity index (χ4v) is 2.11. The fourth-order valence-electron chi connectivity index (χ4n) is 2.11. The third-order valence-corrected chi connectivity index (χ3v) is 3.24. The van der Waals surface area contributed by atoms with Gasteiger partial charge in [-0.3, -0.25) is 14.4 Å². The molecule has 0 saturated carbocycles. The molecule has 0 aromatic heterocycles. The zero-order valence-corrected chi connectivity index (χ0v) is 12.1. The molecule has 1 aliphatic rings. The molecular weight excluding hydrogens is 274 g/mol. The van der Waals surface area contributed by atoms with Gasteiger partial charge in [-0.1, -0.05) is 6.42 Å². The van der Waals surface area contributed by atoms with Crippen molar-refractivity contribution >= 4 is 23.9 Å². The summed E-state index contributed by atoms with van der Waals surface area (Å²) in [6.45, 7) is 1.98. The number of esters is 1. The predicted molar refractivity (Wildman–Crippen MR) is 75.5 cm³/mol. The van der Waals surface area contributed by atoms with Crippen LogP contribution in [0.2, 0.25) is 0 Å². The van der Waals surface area contributed by atoms with Crippen LogP contribution in [0.1, 0.15) is 38.5 Å². The lowest BCUT2D eigenvalue weighted by atomic mass is 10.2. The second-order valence-corrected chi connectivity index (χ2v) is 4.92. The maximum Gasteiger partial charge on any atom is 0.330 e. The van der Waals surface area contributed by atoms with E-state index in [1.165, 1.54) is 0 Å².